The highest BCUT2D eigenvalue weighted by Gasteiger charge is 2.25. The molecule has 1 aliphatic heterocycles. The molecule has 3 nitrogen and oxygen atoms in total. The van der Waals surface area contributed by atoms with Gasteiger partial charge < -0.3 is 4.90 Å². The molecule has 19 heavy (non-hydrogen) atoms. The van der Waals surface area contributed by atoms with Crippen molar-refractivity contribution in [1.82, 2.24) is 9.88 Å². The summed E-state index contributed by atoms with van der Waals surface area (Å²) in [7, 11) is 0. The molecule has 2 heterocycles. The van der Waals surface area contributed by atoms with Crippen LogP contribution >= 0.6 is 23.2 Å². The maximum absolute atomic E-state index is 12.4. The van der Waals surface area contributed by atoms with Crippen LogP contribution in [0, 0.1) is 0 Å². The molecule has 96 valence electrons. The van der Waals surface area contributed by atoms with E-state index in [-0.39, 0.29) is 16.8 Å². The zero-order valence-corrected chi connectivity index (χ0v) is 11.4. The van der Waals surface area contributed by atoms with Crippen molar-refractivity contribution in [2.75, 3.05) is 0 Å². The quantitative estimate of drug-likeness (QED) is 0.753. The summed E-state index contributed by atoms with van der Waals surface area (Å²) in [6.45, 7) is 1.20. The first kappa shape index (κ1) is 12.5. The number of carbonyl (C=O) groups excluding carboxylic acids is 1. The summed E-state index contributed by atoms with van der Waals surface area (Å²) in [5.41, 5.74) is 2.62. The van der Waals surface area contributed by atoms with Crippen LogP contribution in [-0.2, 0) is 13.1 Å². The van der Waals surface area contributed by atoms with Crippen LogP contribution in [0.2, 0.25) is 10.2 Å². The van der Waals surface area contributed by atoms with Gasteiger partial charge in [0.25, 0.3) is 5.91 Å². The van der Waals surface area contributed by atoms with Crippen molar-refractivity contribution in [1.29, 1.82) is 0 Å². The second-order valence-electron chi connectivity index (χ2n) is 4.42. The summed E-state index contributed by atoms with van der Waals surface area (Å²) in [6.07, 6.45) is 0. The van der Waals surface area contributed by atoms with Crippen LogP contribution in [0.25, 0.3) is 0 Å². The smallest absolute Gasteiger partial charge is 0.273 e. The van der Waals surface area contributed by atoms with E-state index in [1.165, 1.54) is 17.2 Å². The van der Waals surface area contributed by atoms with Crippen LogP contribution in [-0.4, -0.2) is 15.8 Å². The number of nitrogens with zero attached hydrogens (tertiary/aromatic N) is 2. The molecular formula is C14H10Cl2N2O. The van der Waals surface area contributed by atoms with Crippen LogP contribution < -0.4 is 0 Å². The van der Waals surface area contributed by atoms with Crippen LogP contribution in [0.1, 0.15) is 21.6 Å². The molecular weight excluding hydrogens is 283 g/mol. The molecule has 0 saturated carbocycles. The third-order valence-electron chi connectivity index (χ3n) is 3.11. The standard InChI is InChI=1S/C14H10Cl2N2O/c15-11-5-12(17-13(16)6-11)14(19)18-7-9-3-1-2-4-10(9)8-18/h1-6H,7-8H2. The largest absolute Gasteiger partial charge is 0.329 e. The molecule has 3 rings (SSSR count). The fourth-order valence-electron chi connectivity index (χ4n) is 2.21. The van der Waals surface area contributed by atoms with Crippen molar-refractivity contribution in [2.45, 2.75) is 13.1 Å². The van der Waals surface area contributed by atoms with Crippen LogP contribution in [0.4, 0.5) is 0 Å². The normalized spacial score (nSPS) is 13.5. The Hall–Kier alpha value is -1.58. The van der Waals surface area contributed by atoms with Gasteiger partial charge in [-0.2, -0.15) is 0 Å². The minimum atomic E-state index is -0.152. The molecule has 0 saturated heterocycles. The lowest BCUT2D eigenvalue weighted by molar-refractivity contribution is 0.0745. The zero-order chi connectivity index (χ0) is 13.4. The van der Waals surface area contributed by atoms with Crippen LogP contribution in [0.5, 0.6) is 0 Å². The van der Waals surface area contributed by atoms with Crippen molar-refractivity contribution >= 4 is 29.1 Å². The Morgan fingerprint density at radius 1 is 1.11 bits per heavy atom. The maximum atomic E-state index is 12.4. The van der Waals surface area contributed by atoms with Gasteiger partial charge in [0.15, 0.2) is 0 Å². The number of benzene rings is 1. The van der Waals surface area contributed by atoms with Gasteiger partial charge in [-0.1, -0.05) is 47.5 Å². The topological polar surface area (TPSA) is 33.2 Å². The molecule has 1 aliphatic rings. The highest BCUT2D eigenvalue weighted by Crippen LogP contribution is 2.24. The van der Waals surface area contributed by atoms with E-state index in [1.54, 1.807) is 11.0 Å². The number of amides is 1. The van der Waals surface area contributed by atoms with Gasteiger partial charge in [-0.3, -0.25) is 4.79 Å². The molecule has 0 atom stereocenters. The van der Waals surface area contributed by atoms with E-state index < -0.39 is 0 Å². The maximum Gasteiger partial charge on any atom is 0.273 e. The second kappa shape index (κ2) is 4.83. The zero-order valence-electron chi connectivity index (χ0n) is 9.94. The van der Waals surface area contributed by atoms with Gasteiger partial charge in [-0.15, -0.1) is 0 Å². The third kappa shape index (κ3) is 2.44. The Labute approximate surface area is 120 Å². The molecule has 0 radical (unpaired) electrons. The van der Waals surface area contributed by atoms with E-state index in [0.29, 0.717) is 18.1 Å². The summed E-state index contributed by atoms with van der Waals surface area (Å²) in [6, 6.07) is 11.1. The van der Waals surface area contributed by atoms with Crippen LogP contribution in [0.15, 0.2) is 36.4 Å². The highest BCUT2D eigenvalue weighted by atomic mass is 35.5. The molecule has 0 aliphatic carbocycles. The van der Waals surface area contributed by atoms with Crippen molar-refractivity contribution < 1.29 is 4.79 Å². The predicted molar refractivity (Wildman–Crippen MR) is 74.3 cm³/mol. The van der Waals surface area contributed by atoms with Gasteiger partial charge in [0.05, 0.1) is 0 Å². The van der Waals surface area contributed by atoms with Crippen molar-refractivity contribution in [3.8, 4) is 0 Å². The minimum absolute atomic E-state index is 0.152. The Morgan fingerprint density at radius 2 is 1.74 bits per heavy atom. The van der Waals surface area contributed by atoms with Crippen molar-refractivity contribution in [2.24, 2.45) is 0 Å². The summed E-state index contributed by atoms with van der Waals surface area (Å²) >= 11 is 11.7. The predicted octanol–water partition coefficient (Wildman–Crippen LogP) is 3.54. The van der Waals surface area contributed by atoms with E-state index >= 15 is 0 Å². The number of hydrogen-bond acceptors (Lipinski definition) is 2. The van der Waals surface area contributed by atoms with Gasteiger partial charge in [0.1, 0.15) is 10.8 Å². The van der Waals surface area contributed by atoms with Crippen molar-refractivity contribution in [3.05, 3.63) is 63.4 Å². The fourth-order valence-corrected chi connectivity index (χ4v) is 2.69. The van der Waals surface area contributed by atoms with E-state index in [9.17, 15) is 4.79 Å². The SMILES string of the molecule is O=C(c1cc(Cl)cc(Cl)n1)N1Cc2ccccc2C1. The lowest BCUT2D eigenvalue weighted by Gasteiger charge is -2.15. The second-order valence-corrected chi connectivity index (χ2v) is 5.25. The number of aromatic nitrogens is 1. The number of halogens is 2. The van der Waals surface area contributed by atoms with Gasteiger partial charge in [0.2, 0.25) is 0 Å². The van der Waals surface area contributed by atoms with E-state index in [1.807, 2.05) is 24.3 Å². The molecule has 1 amide bonds. The van der Waals surface area contributed by atoms with E-state index in [4.69, 9.17) is 23.2 Å². The number of hydrogen-bond donors (Lipinski definition) is 0. The lowest BCUT2D eigenvalue weighted by Crippen LogP contribution is -2.26. The molecule has 1 aromatic carbocycles. The average Bonchev–Trinajstić information content (AvgIpc) is 2.80. The highest BCUT2D eigenvalue weighted by molar-refractivity contribution is 6.34. The van der Waals surface area contributed by atoms with Gasteiger partial charge >= 0.3 is 0 Å². The summed E-state index contributed by atoms with van der Waals surface area (Å²) in [5.74, 6) is -0.152. The number of pyridine rings is 1. The molecule has 1 aromatic heterocycles. The number of carbonyl (C=O) groups is 1. The molecule has 0 unspecified atom stereocenters. The Balaban J connectivity index is 1.87. The summed E-state index contributed by atoms with van der Waals surface area (Å²) < 4.78 is 0. The van der Waals surface area contributed by atoms with Gasteiger partial charge in [-0.25, -0.2) is 4.98 Å². The molecule has 0 spiro atoms. The van der Waals surface area contributed by atoms with Crippen LogP contribution in [0.3, 0.4) is 0 Å². The molecule has 5 heteroatoms. The molecule has 0 bridgehead atoms. The first-order valence-electron chi connectivity index (χ1n) is 5.82. The number of rotatable bonds is 1. The van der Waals surface area contributed by atoms with Gasteiger partial charge in [-0.05, 0) is 23.3 Å². The first-order valence-corrected chi connectivity index (χ1v) is 6.58. The Morgan fingerprint density at radius 3 is 2.32 bits per heavy atom. The minimum Gasteiger partial charge on any atom is -0.329 e. The summed E-state index contributed by atoms with van der Waals surface area (Å²) in [5, 5.41) is 0.646. The van der Waals surface area contributed by atoms with Gasteiger partial charge in [0, 0.05) is 18.1 Å². The Kier molecular flexibility index (Phi) is 3.17. The first-order chi connectivity index (χ1) is 9.13. The average molecular weight is 293 g/mol. The molecule has 0 fully saturated rings. The molecule has 2 aromatic rings. The lowest BCUT2D eigenvalue weighted by atomic mass is 10.1. The van der Waals surface area contributed by atoms with E-state index in [0.717, 1.165) is 0 Å². The monoisotopic (exact) mass is 292 g/mol. The fraction of sp³-hybridized carbons (Fsp3) is 0.143. The van der Waals surface area contributed by atoms with Crippen molar-refractivity contribution in [3.63, 3.8) is 0 Å². The summed E-state index contributed by atoms with van der Waals surface area (Å²) in [4.78, 5) is 18.1. The van der Waals surface area contributed by atoms with E-state index in [2.05, 4.69) is 4.98 Å². The molecule has 0 N–H and O–H groups in total. The Bertz CT molecular complexity index is 612. The third-order valence-corrected chi connectivity index (χ3v) is 3.52. The number of fused-ring (bicyclic) bond motifs is 1.